The summed E-state index contributed by atoms with van der Waals surface area (Å²) in [7, 11) is 0. The van der Waals surface area contributed by atoms with E-state index in [0.717, 1.165) is 31.9 Å². The Morgan fingerprint density at radius 1 is 1.50 bits per heavy atom. The van der Waals surface area contributed by atoms with Crippen LogP contribution < -0.4 is 15.5 Å². The summed E-state index contributed by atoms with van der Waals surface area (Å²) in [5.41, 5.74) is 0. The van der Waals surface area contributed by atoms with Crippen LogP contribution in [0.3, 0.4) is 0 Å². The van der Waals surface area contributed by atoms with E-state index in [2.05, 4.69) is 32.1 Å². The zero-order valence-electron chi connectivity index (χ0n) is 11.6. The third-order valence-electron chi connectivity index (χ3n) is 3.20. The molecule has 1 fully saturated rings. The quantitative estimate of drug-likeness (QED) is 0.578. The van der Waals surface area contributed by atoms with Crippen LogP contribution in [-0.2, 0) is 4.79 Å². The first-order valence-corrected chi connectivity index (χ1v) is 6.92. The molecular weight excluding hydrogens is 254 g/mol. The Labute approximate surface area is 119 Å². The van der Waals surface area contributed by atoms with Gasteiger partial charge in [0.2, 0.25) is 11.9 Å². The fourth-order valence-electron chi connectivity index (χ4n) is 2.30. The van der Waals surface area contributed by atoms with Crippen molar-refractivity contribution in [2.24, 2.45) is 0 Å². The summed E-state index contributed by atoms with van der Waals surface area (Å²) in [5, 5.41) is 6.04. The second kappa shape index (κ2) is 7.59. The highest BCUT2D eigenvalue weighted by molar-refractivity contribution is 5.78. The maximum Gasteiger partial charge on any atom is 0.234 e. The zero-order chi connectivity index (χ0) is 14.2. The molecule has 1 aromatic rings. The van der Waals surface area contributed by atoms with Crippen molar-refractivity contribution in [3.05, 3.63) is 31.1 Å². The number of carbonyl (C=O) groups is 1. The van der Waals surface area contributed by atoms with E-state index in [0.29, 0.717) is 13.1 Å². The molecule has 0 bridgehead atoms. The second-order valence-corrected chi connectivity index (χ2v) is 4.82. The van der Waals surface area contributed by atoms with Crippen molar-refractivity contribution in [1.29, 1.82) is 0 Å². The van der Waals surface area contributed by atoms with Crippen molar-refractivity contribution in [1.82, 2.24) is 20.6 Å². The third-order valence-corrected chi connectivity index (χ3v) is 3.20. The Hall–Kier alpha value is -1.95. The second-order valence-electron chi connectivity index (χ2n) is 4.82. The van der Waals surface area contributed by atoms with Gasteiger partial charge in [0.05, 0.1) is 6.54 Å². The molecule has 0 aliphatic carbocycles. The minimum Gasteiger partial charge on any atom is -0.350 e. The molecule has 1 aliphatic rings. The summed E-state index contributed by atoms with van der Waals surface area (Å²) in [5.74, 6) is 0.754. The number of anilines is 1. The van der Waals surface area contributed by atoms with E-state index in [1.165, 1.54) is 0 Å². The summed E-state index contributed by atoms with van der Waals surface area (Å²) < 4.78 is 0. The predicted octanol–water partition coefficient (Wildman–Crippen LogP) is 0.337. The Morgan fingerprint density at radius 2 is 2.30 bits per heavy atom. The average Bonchev–Trinajstić information content (AvgIpc) is 2.49. The first kappa shape index (κ1) is 14.5. The van der Waals surface area contributed by atoms with E-state index in [1.54, 1.807) is 24.5 Å². The Kier molecular flexibility index (Phi) is 5.49. The van der Waals surface area contributed by atoms with Crippen LogP contribution in [0.2, 0.25) is 0 Å². The van der Waals surface area contributed by atoms with Gasteiger partial charge in [0.25, 0.3) is 0 Å². The number of rotatable bonds is 6. The Morgan fingerprint density at radius 3 is 3.05 bits per heavy atom. The Bertz CT molecular complexity index is 436. The number of aromatic nitrogens is 2. The molecule has 0 radical (unpaired) electrons. The lowest BCUT2D eigenvalue weighted by atomic mass is 10.1. The lowest BCUT2D eigenvalue weighted by Gasteiger charge is -2.33. The SMILES string of the molecule is C=CCNCC(=O)NC1CCCN(c2ncccn2)C1. The third kappa shape index (κ3) is 4.31. The van der Waals surface area contributed by atoms with Gasteiger partial charge in [0, 0.05) is 38.1 Å². The van der Waals surface area contributed by atoms with Crippen molar-refractivity contribution in [2.75, 3.05) is 31.1 Å². The lowest BCUT2D eigenvalue weighted by molar-refractivity contribution is -0.120. The van der Waals surface area contributed by atoms with Gasteiger partial charge in [-0.25, -0.2) is 9.97 Å². The molecule has 1 atom stereocenters. The molecule has 1 aromatic heterocycles. The van der Waals surface area contributed by atoms with Gasteiger partial charge >= 0.3 is 0 Å². The van der Waals surface area contributed by atoms with Gasteiger partial charge in [-0.05, 0) is 18.9 Å². The van der Waals surface area contributed by atoms with Gasteiger partial charge in [0.15, 0.2) is 0 Å². The molecule has 0 aromatic carbocycles. The highest BCUT2D eigenvalue weighted by atomic mass is 16.2. The number of nitrogens with one attached hydrogen (secondary N) is 2. The molecule has 0 saturated carbocycles. The fourth-order valence-corrected chi connectivity index (χ4v) is 2.30. The number of hydrogen-bond donors (Lipinski definition) is 2. The van der Waals surface area contributed by atoms with E-state index in [4.69, 9.17) is 0 Å². The molecule has 2 rings (SSSR count). The standard InChI is InChI=1S/C14H21N5O/c1-2-6-15-10-13(20)18-12-5-3-9-19(11-12)14-16-7-4-8-17-14/h2,4,7-8,12,15H,1,3,5-6,9-11H2,(H,18,20). The van der Waals surface area contributed by atoms with Crippen LogP contribution in [-0.4, -0.2) is 48.1 Å². The van der Waals surface area contributed by atoms with Gasteiger partial charge in [-0.2, -0.15) is 0 Å². The Balaban J connectivity index is 1.81. The lowest BCUT2D eigenvalue weighted by Crippen LogP contribution is -2.50. The van der Waals surface area contributed by atoms with E-state index in [-0.39, 0.29) is 11.9 Å². The normalized spacial score (nSPS) is 18.6. The van der Waals surface area contributed by atoms with E-state index in [1.807, 2.05) is 0 Å². The van der Waals surface area contributed by atoms with Crippen LogP contribution in [0.15, 0.2) is 31.1 Å². The number of carbonyl (C=O) groups excluding carboxylic acids is 1. The number of piperidine rings is 1. The van der Waals surface area contributed by atoms with Gasteiger partial charge in [-0.3, -0.25) is 4.79 Å². The molecular formula is C14H21N5O. The summed E-state index contributed by atoms with van der Waals surface area (Å²) >= 11 is 0. The van der Waals surface area contributed by atoms with Crippen molar-refractivity contribution in [3.8, 4) is 0 Å². The zero-order valence-corrected chi connectivity index (χ0v) is 11.6. The van der Waals surface area contributed by atoms with Gasteiger partial charge < -0.3 is 15.5 Å². The molecule has 6 nitrogen and oxygen atoms in total. The maximum absolute atomic E-state index is 11.8. The summed E-state index contributed by atoms with van der Waals surface area (Å²) in [6, 6.07) is 1.96. The topological polar surface area (TPSA) is 70.2 Å². The molecule has 6 heteroatoms. The fraction of sp³-hybridized carbons (Fsp3) is 0.500. The van der Waals surface area contributed by atoms with Crippen LogP contribution in [0.25, 0.3) is 0 Å². The molecule has 1 aliphatic heterocycles. The number of amides is 1. The number of nitrogens with zero attached hydrogens (tertiary/aromatic N) is 3. The molecule has 1 saturated heterocycles. The molecule has 108 valence electrons. The largest absolute Gasteiger partial charge is 0.350 e. The minimum atomic E-state index is 0.0210. The smallest absolute Gasteiger partial charge is 0.234 e. The van der Waals surface area contributed by atoms with Crippen LogP contribution in [0.5, 0.6) is 0 Å². The first-order valence-electron chi connectivity index (χ1n) is 6.92. The van der Waals surface area contributed by atoms with E-state index >= 15 is 0 Å². The summed E-state index contributed by atoms with van der Waals surface area (Å²) in [6.07, 6.45) is 7.25. The van der Waals surface area contributed by atoms with Gasteiger partial charge in [-0.15, -0.1) is 6.58 Å². The molecule has 1 unspecified atom stereocenters. The van der Waals surface area contributed by atoms with Crippen LogP contribution in [0.4, 0.5) is 5.95 Å². The average molecular weight is 275 g/mol. The number of hydrogen-bond acceptors (Lipinski definition) is 5. The predicted molar refractivity (Wildman–Crippen MR) is 78.5 cm³/mol. The minimum absolute atomic E-state index is 0.0210. The van der Waals surface area contributed by atoms with E-state index in [9.17, 15) is 4.79 Å². The summed E-state index contributed by atoms with van der Waals surface area (Å²) in [4.78, 5) is 22.4. The van der Waals surface area contributed by atoms with Crippen LogP contribution in [0.1, 0.15) is 12.8 Å². The molecule has 2 N–H and O–H groups in total. The van der Waals surface area contributed by atoms with Gasteiger partial charge in [0.1, 0.15) is 0 Å². The molecule has 2 heterocycles. The first-order chi connectivity index (χ1) is 9.79. The van der Waals surface area contributed by atoms with Crippen molar-refractivity contribution < 1.29 is 4.79 Å². The van der Waals surface area contributed by atoms with Crippen molar-refractivity contribution in [2.45, 2.75) is 18.9 Å². The summed E-state index contributed by atoms with van der Waals surface area (Å²) in [6.45, 7) is 6.26. The maximum atomic E-state index is 11.8. The van der Waals surface area contributed by atoms with Gasteiger partial charge in [-0.1, -0.05) is 6.08 Å². The molecule has 0 spiro atoms. The van der Waals surface area contributed by atoms with Crippen LogP contribution >= 0.6 is 0 Å². The van der Waals surface area contributed by atoms with Crippen molar-refractivity contribution >= 4 is 11.9 Å². The van der Waals surface area contributed by atoms with E-state index < -0.39 is 0 Å². The molecule has 20 heavy (non-hydrogen) atoms. The van der Waals surface area contributed by atoms with Crippen molar-refractivity contribution in [3.63, 3.8) is 0 Å². The highest BCUT2D eigenvalue weighted by Crippen LogP contribution is 2.14. The highest BCUT2D eigenvalue weighted by Gasteiger charge is 2.22. The monoisotopic (exact) mass is 275 g/mol. The van der Waals surface area contributed by atoms with Crippen LogP contribution in [0, 0.1) is 0 Å². The molecule has 1 amide bonds.